The lowest BCUT2D eigenvalue weighted by atomic mass is 9.97. The highest BCUT2D eigenvalue weighted by atomic mass is 16.5. The number of piperidine rings is 1. The second-order valence-corrected chi connectivity index (χ2v) is 10.8. The number of carbonyl (C=O) groups excluding carboxylic acids is 2. The highest BCUT2D eigenvalue weighted by molar-refractivity contribution is 5.80. The molecular weight excluding hydrogens is 474 g/mol. The van der Waals surface area contributed by atoms with Gasteiger partial charge in [0.15, 0.2) is 5.58 Å². The molecule has 0 bridgehead atoms. The molecule has 3 heterocycles. The number of carbonyl (C=O) groups is 2. The molecule has 2 fully saturated rings. The maximum atomic E-state index is 13.2. The van der Waals surface area contributed by atoms with Gasteiger partial charge in [0.25, 0.3) is 0 Å². The minimum absolute atomic E-state index is 0.144. The van der Waals surface area contributed by atoms with Crippen LogP contribution in [0.2, 0.25) is 0 Å². The highest BCUT2D eigenvalue weighted by Gasteiger charge is 2.31. The van der Waals surface area contributed by atoms with E-state index in [1.807, 2.05) is 49.9 Å². The SMILES string of the molecule is Cc1cc(C[C@@H](C)C(=O)N2CCN(C3CCN(CC(=O)OCCN(C)C)CC3)CC2)cc2oc(=O)[nH]c12. The lowest BCUT2D eigenvalue weighted by Gasteiger charge is -2.43. The molecule has 1 aromatic carbocycles. The number of hydrogen-bond donors (Lipinski definition) is 1. The van der Waals surface area contributed by atoms with Gasteiger partial charge in [-0.15, -0.1) is 0 Å². The van der Waals surface area contributed by atoms with E-state index in [9.17, 15) is 14.4 Å². The Kier molecular flexibility index (Phi) is 9.04. The number of aromatic amines is 1. The number of esters is 1. The van der Waals surface area contributed by atoms with E-state index in [0.29, 0.717) is 31.2 Å². The number of ether oxygens (including phenoxy) is 1. The molecule has 2 aromatic rings. The number of rotatable bonds is 9. The number of likely N-dealkylation sites (tertiary alicyclic amines) is 1. The monoisotopic (exact) mass is 515 g/mol. The average molecular weight is 516 g/mol. The number of hydrogen-bond acceptors (Lipinski definition) is 8. The van der Waals surface area contributed by atoms with Crippen molar-refractivity contribution in [2.75, 3.05) is 73.1 Å². The van der Waals surface area contributed by atoms with Crippen LogP contribution in [0.3, 0.4) is 0 Å². The van der Waals surface area contributed by atoms with E-state index < -0.39 is 5.76 Å². The molecule has 37 heavy (non-hydrogen) atoms. The van der Waals surface area contributed by atoms with Gasteiger partial charge in [-0.3, -0.25) is 24.4 Å². The van der Waals surface area contributed by atoms with Crippen LogP contribution in [0, 0.1) is 12.8 Å². The number of likely N-dealkylation sites (N-methyl/N-ethyl adjacent to an activating group) is 1. The Bertz CT molecular complexity index is 1130. The average Bonchev–Trinajstić information content (AvgIpc) is 3.24. The number of aromatic nitrogens is 1. The maximum Gasteiger partial charge on any atom is 0.417 e. The van der Waals surface area contributed by atoms with Crippen LogP contribution in [0.1, 0.15) is 30.9 Å². The summed E-state index contributed by atoms with van der Waals surface area (Å²) in [6.45, 7) is 10.5. The Labute approximate surface area is 218 Å². The molecule has 0 saturated carbocycles. The van der Waals surface area contributed by atoms with Crippen LogP contribution in [0.15, 0.2) is 21.3 Å². The summed E-state index contributed by atoms with van der Waals surface area (Å²) in [6, 6.07) is 4.38. The summed E-state index contributed by atoms with van der Waals surface area (Å²) < 4.78 is 10.6. The molecule has 10 nitrogen and oxygen atoms in total. The van der Waals surface area contributed by atoms with Crippen LogP contribution in [0.4, 0.5) is 0 Å². The molecular formula is C27H41N5O5. The van der Waals surface area contributed by atoms with Crippen molar-refractivity contribution in [3.05, 3.63) is 33.8 Å². The summed E-state index contributed by atoms with van der Waals surface area (Å²) in [4.78, 5) is 48.2. The Morgan fingerprint density at radius 1 is 1.14 bits per heavy atom. The summed E-state index contributed by atoms with van der Waals surface area (Å²) in [6.07, 6.45) is 2.68. The quantitative estimate of drug-likeness (QED) is 0.499. The van der Waals surface area contributed by atoms with Crippen LogP contribution in [0.25, 0.3) is 11.1 Å². The topological polar surface area (TPSA) is 102 Å². The van der Waals surface area contributed by atoms with Crippen molar-refractivity contribution >= 4 is 23.0 Å². The van der Waals surface area contributed by atoms with Gasteiger partial charge in [-0.05, 0) is 57.5 Å². The van der Waals surface area contributed by atoms with E-state index in [1.165, 1.54) is 0 Å². The zero-order valence-corrected chi connectivity index (χ0v) is 22.6. The van der Waals surface area contributed by atoms with Crippen LogP contribution >= 0.6 is 0 Å². The van der Waals surface area contributed by atoms with E-state index in [2.05, 4.69) is 14.8 Å². The second-order valence-electron chi connectivity index (χ2n) is 10.8. The zero-order valence-electron chi connectivity index (χ0n) is 22.6. The predicted molar refractivity (Wildman–Crippen MR) is 142 cm³/mol. The van der Waals surface area contributed by atoms with E-state index in [-0.39, 0.29) is 17.8 Å². The van der Waals surface area contributed by atoms with Crippen molar-refractivity contribution < 1.29 is 18.7 Å². The predicted octanol–water partition coefficient (Wildman–Crippen LogP) is 1.32. The van der Waals surface area contributed by atoms with Crippen molar-refractivity contribution in [3.63, 3.8) is 0 Å². The third kappa shape index (κ3) is 7.21. The van der Waals surface area contributed by atoms with E-state index in [4.69, 9.17) is 9.15 Å². The smallest absolute Gasteiger partial charge is 0.417 e. The van der Waals surface area contributed by atoms with E-state index >= 15 is 0 Å². The minimum atomic E-state index is -0.457. The van der Waals surface area contributed by atoms with E-state index in [0.717, 1.165) is 75.3 Å². The number of benzene rings is 1. The van der Waals surface area contributed by atoms with Gasteiger partial charge in [0, 0.05) is 57.8 Å². The van der Waals surface area contributed by atoms with Gasteiger partial charge in [0.1, 0.15) is 6.61 Å². The maximum absolute atomic E-state index is 13.2. The fourth-order valence-corrected chi connectivity index (χ4v) is 5.49. The van der Waals surface area contributed by atoms with Crippen LogP contribution in [-0.2, 0) is 20.7 Å². The van der Waals surface area contributed by atoms with Crippen LogP contribution < -0.4 is 5.76 Å². The van der Waals surface area contributed by atoms with Gasteiger partial charge in [-0.25, -0.2) is 4.79 Å². The Morgan fingerprint density at radius 2 is 1.84 bits per heavy atom. The number of nitrogens with one attached hydrogen (secondary N) is 1. The standard InChI is InChI=1S/C27H41N5O5/c1-19-15-21(17-23-25(19)28-27(35)37-23)16-20(2)26(34)32-11-9-31(10-12-32)22-5-7-30(8-6-22)18-24(33)36-14-13-29(3)4/h15,17,20,22H,5-14,16,18H2,1-4H3,(H,28,35)/t20-/m1/s1. The molecule has 4 rings (SSSR count). The molecule has 2 aliphatic heterocycles. The number of nitrogens with zero attached hydrogens (tertiary/aromatic N) is 4. The third-order valence-corrected chi connectivity index (χ3v) is 7.61. The van der Waals surface area contributed by atoms with Gasteiger partial charge < -0.3 is 19.0 Å². The second kappa shape index (κ2) is 12.2. The first kappa shape index (κ1) is 27.3. The molecule has 1 aromatic heterocycles. The van der Waals surface area contributed by atoms with Gasteiger partial charge >= 0.3 is 11.7 Å². The summed E-state index contributed by atoms with van der Waals surface area (Å²) in [5.74, 6) is -0.569. The van der Waals surface area contributed by atoms with Crippen molar-refractivity contribution in [2.24, 2.45) is 5.92 Å². The molecule has 10 heteroatoms. The number of oxazole rings is 1. The molecule has 0 radical (unpaired) electrons. The zero-order chi connectivity index (χ0) is 26.5. The number of amides is 1. The van der Waals surface area contributed by atoms with Crippen molar-refractivity contribution in [3.8, 4) is 0 Å². The lowest BCUT2D eigenvalue weighted by molar-refractivity contribution is -0.145. The first-order valence-electron chi connectivity index (χ1n) is 13.4. The molecule has 2 aliphatic rings. The molecule has 0 spiro atoms. The van der Waals surface area contributed by atoms with Crippen molar-refractivity contribution in [1.29, 1.82) is 0 Å². The fourth-order valence-electron chi connectivity index (χ4n) is 5.49. The van der Waals surface area contributed by atoms with Gasteiger partial charge in [0.2, 0.25) is 5.91 Å². The summed E-state index contributed by atoms with van der Waals surface area (Å²) in [7, 11) is 3.92. The fraction of sp³-hybridized carbons (Fsp3) is 0.667. The molecule has 1 atom stereocenters. The van der Waals surface area contributed by atoms with Crippen LogP contribution in [0.5, 0.6) is 0 Å². The molecule has 2 saturated heterocycles. The minimum Gasteiger partial charge on any atom is -0.463 e. The van der Waals surface area contributed by atoms with Crippen LogP contribution in [-0.4, -0.2) is 116 Å². The molecule has 1 amide bonds. The largest absolute Gasteiger partial charge is 0.463 e. The third-order valence-electron chi connectivity index (χ3n) is 7.61. The Morgan fingerprint density at radius 3 is 2.51 bits per heavy atom. The highest BCUT2D eigenvalue weighted by Crippen LogP contribution is 2.22. The van der Waals surface area contributed by atoms with Gasteiger partial charge in [-0.1, -0.05) is 13.0 Å². The number of aryl methyl sites for hydroxylation is 1. The Balaban J connectivity index is 1.19. The normalized spacial score (nSPS) is 19.0. The molecule has 1 N–H and O–H groups in total. The molecule has 204 valence electrons. The Hall–Kier alpha value is -2.69. The van der Waals surface area contributed by atoms with Gasteiger partial charge in [-0.2, -0.15) is 0 Å². The van der Waals surface area contributed by atoms with Gasteiger partial charge in [0.05, 0.1) is 12.1 Å². The first-order valence-corrected chi connectivity index (χ1v) is 13.4. The first-order chi connectivity index (χ1) is 17.7. The van der Waals surface area contributed by atoms with E-state index in [1.54, 1.807) is 0 Å². The summed E-state index contributed by atoms with van der Waals surface area (Å²) >= 11 is 0. The number of piperazine rings is 1. The number of fused-ring (bicyclic) bond motifs is 1. The summed E-state index contributed by atoms with van der Waals surface area (Å²) in [5, 5.41) is 0. The molecule has 0 unspecified atom stereocenters. The number of H-pyrrole nitrogens is 1. The van der Waals surface area contributed by atoms with Crippen molar-refractivity contribution in [1.82, 2.24) is 24.6 Å². The molecule has 0 aliphatic carbocycles. The van der Waals surface area contributed by atoms with Crippen molar-refractivity contribution in [2.45, 2.75) is 39.2 Å². The lowest BCUT2D eigenvalue weighted by Crippen LogP contribution is -2.55. The summed E-state index contributed by atoms with van der Waals surface area (Å²) in [5.41, 5.74) is 3.20.